The van der Waals surface area contributed by atoms with Crippen molar-refractivity contribution in [2.75, 3.05) is 12.1 Å². The zero-order valence-electron chi connectivity index (χ0n) is 14.1. The molecule has 0 radical (unpaired) electrons. The van der Waals surface area contributed by atoms with E-state index in [1.54, 1.807) is 18.2 Å². The molecule has 140 valence electrons. The number of ether oxygens (including phenoxy) is 2. The Bertz CT molecular complexity index is 790. The van der Waals surface area contributed by atoms with Crippen LogP contribution in [0.25, 0.3) is 0 Å². The minimum atomic E-state index is -4.82. The van der Waals surface area contributed by atoms with Gasteiger partial charge in [-0.15, -0.1) is 13.2 Å². The maximum atomic E-state index is 12.7. The molecule has 0 unspecified atom stereocenters. The van der Waals surface area contributed by atoms with Gasteiger partial charge in [-0.1, -0.05) is 6.07 Å². The summed E-state index contributed by atoms with van der Waals surface area (Å²) in [5.74, 6) is 6.32. The number of alkyl halides is 3. The summed E-state index contributed by atoms with van der Waals surface area (Å²) in [6, 6.07) is 8.95. The summed E-state index contributed by atoms with van der Waals surface area (Å²) in [5, 5.41) is 10.9. The van der Waals surface area contributed by atoms with E-state index in [-0.39, 0.29) is 23.7 Å². The Morgan fingerprint density at radius 1 is 1.19 bits per heavy atom. The minimum Gasteiger partial charge on any atom is -0.508 e. The number of halogens is 3. The molecule has 2 aromatic rings. The van der Waals surface area contributed by atoms with E-state index < -0.39 is 6.36 Å². The van der Waals surface area contributed by atoms with Crippen molar-refractivity contribution in [2.24, 2.45) is 5.84 Å². The number of hydrazine groups is 1. The number of phenolic OH excluding ortho intramolecular Hbond substituents is 1. The molecule has 1 aliphatic carbocycles. The van der Waals surface area contributed by atoms with Crippen LogP contribution in [-0.2, 0) is 6.61 Å². The normalized spacial score (nSPS) is 14.2. The van der Waals surface area contributed by atoms with E-state index in [0.29, 0.717) is 17.4 Å². The Balaban J connectivity index is 1.89. The molecule has 0 heterocycles. The summed E-state index contributed by atoms with van der Waals surface area (Å²) < 4.78 is 48.0. The maximum absolute atomic E-state index is 12.7. The van der Waals surface area contributed by atoms with Gasteiger partial charge >= 0.3 is 6.36 Å². The summed E-state index contributed by atoms with van der Waals surface area (Å²) >= 11 is 0. The number of anilines is 1. The summed E-state index contributed by atoms with van der Waals surface area (Å²) in [6.07, 6.45) is -2.84. The molecule has 2 aromatic carbocycles. The van der Waals surface area contributed by atoms with Crippen molar-refractivity contribution in [3.05, 3.63) is 47.5 Å². The summed E-state index contributed by atoms with van der Waals surface area (Å²) in [4.78, 5) is 0. The Kier molecular flexibility index (Phi) is 4.86. The monoisotopic (exact) mass is 368 g/mol. The van der Waals surface area contributed by atoms with Gasteiger partial charge in [0.15, 0.2) is 0 Å². The van der Waals surface area contributed by atoms with Crippen LogP contribution in [0.5, 0.6) is 17.2 Å². The van der Waals surface area contributed by atoms with Crippen LogP contribution in [0.3, 0.4) is 0 Å². The first-order chi connectivity index (χ1) is 12.2. The van der Waals surface area contributed by atoms with Gasteiger partial charge in [0.1, 0.15) is 23.9 Å². The van der Waals surface area contributed by atoms with Crippen LogP contribution < -0.4 is 20.3 Å². The molecule has 0 aliphatic heterocycles. The van der Waals surface area contributed by atoms with E-state index in [9.17, 15) is 18.3 Å². The predicted octanol–water partition coefficient (Wildman–Crippen LogP) is 4.06. The number of rotatable bonds is 6. The molecule has 0 saturated heterocycles. The number of hydrogen-bond acceptors (Lipinski definition) is 5. The van der Waals surface area contributed by atoms with Crippen LogP contribution in [0.1, 0.15) is 29.9 Å². The second-order valence-corrected chi connectivity index (χ2v) is 6.20. The van der Waals surface area contributed by atoms with E-state index in [1.807, 2.05) is 0 Å². The molecule has 8 heteroatoms. The van der Waals surface area contributed by atoms with Gasteiger partial charge in [0.25, 0.3) is 0 Å². The third-order valence-corrected chi connectivity index (χ3v) is 4.10. The average molecular weight is 368 g/mol. The van der Waals surface area contributed by atoms with Gasteiger partial charge in [0.05, 0.1) is 11.3 Å². The van der Waals surface area contributed by atoms with Crippen LogP contribution in [0, 0.1) is 0 Å². The molecule has 1 saturated carbocycles. The highest BCUT2D eigenvalue weighted by molar-refractivity contribution is 5.58. The molecule has 0 aromatic heterocycles. The number of nitrogens with zero attached hydrogens (tertiary/aromatic N) is 1. The van der Waals surface area contributed by atoms with Gasteiger partial charge in [0.2, 0.25) is 0 Å². The van der Waals surface area contributed by atoms with E-state index in [4.69, 9.17) is 10.6 Å². The Morgan fingerprint density at radius 2 is 1.92 bits per heavy atom. The van der Waals surface area contributed by atoms with Crippen LogP contribution in [-0.4, -0.2) is 18.5 Å². The smallest absolute Gasteiger partial charge is 0.508 e. The van der Waals surface area contributed by atoms with Gasteiger partial charge in [-0.3, -0.25) is 0 Å². The van der Waals surface area contributed by atoms with E-state index in [0.717, 1.165) is 18.4 Å². The fourth-order valence-electron chi connectivity index (χ4n) is 2.78. The molecule has 0 amide bonds. The van der Waals surface area contributed by atoms with Crippen LogP contribution in [0.2, 0.25) is 0 Å². The highest BCUT2D eigenvalue weighted by atomic mass is 19.4. The molecule has 0 atom stereocenters. The molecule has 0 bridgehead atoms. The van der Waals surface area contributed by atoms with Crippen molar-refractivity contribution in [2.45, 2.75) is 31.7 Å². The zero-order chi connectivity index (χ0) is 18.9. The fourth-order valence-corrected chi connectivity index (χ4v) is 2.78. The topological polar surface area (TPSA) is 68.0 Å². The Morgan fingerprint density at radius 3 is 2.54 bits per heavy atom. The molecule has 0 spiro atoms. The van der Waals surface area contributed by atoms with Gasteiger partial charge < -0.3 is 19.6 Å². The molecule has 3 rings (SSSR count). The lowest BCUT2D eigenvalue weighted by Gasteiger charge is -2.21. The molecule has 1 aliphatic rings. The molecule has 1 fully saturated rings. The highest BCUT2D eigenvalue weighted by Gasteiger charge is 2.33. The first-order valence-corrected chi connectivity index (χ1v) is 8.06. The number of benzene rings is 2. The molecule has 3 N–H and O–H groups in total. The van der Waals surface area contributed by atoms with Crippen molar-refractivity contribution in [1.82, 2.24) is 0 Å². The van der Waals surface area contributed by atoms with Crippen molar-refractivity contribution < 1.29 is 27.8 Å². The van der Waals surface area contributed by atoms with Gasteiger partial charge in [0, 0.05) is 12.6 Å². The number of nitrogens with two attached hydrogens (primary N) is 1. The summed E-state index contributed by atoms with van der Waals surface area (Å²) in [5.41, 5.74) is 1.39. The van der Waals surface area contributed by atoms with E-state index >= 15 is 0 Å². The standard InChI is InChI=1S/C18H19F3N2O3/c1-23(22)15-3-2-4-17(26-18(19,20)21)14(15)10-25-16-8-7-12(24)9-13(16)11-5-6-11/h2-4,7-9,11,24H,5-6,10,22H2,1H3. The predicted molar refractivity (Wildman–Crippen MR) is 90.1 cm³/mol. The van der Waals surface area contributed by atoms with Crippen molar-refractivity contribution in [1.29, 1.82) is 0 Å². The highest BCUT2D eigenvalue weighted by Crippen LogP contribution is 2.46. The lowest BCUT2D eigenvalue weighted by Crippen LogP contribution is -2.27. The SMILES string of the molecule is CN(N)c1cccc(OC(F)(F)F)c1COc1ccc(O)cc1C1CC1. The van der Waals surface area contributed by atoms with Crippen molar-refractivity contribution in [3.63, 3.8) is 0 Å². The summed E-state index contributed by atoms with van der Waals surface area (Å²) in [6.45, 7) is -0.159. The zero-order valence-corrected chi connectivity index (χ0v) is 14.1. The lowest BCUT2D eigenvalue weighted by molar-refractivity contribution is -0.275. The van der Waals surface area contributed by atoms with Crippen LogP contribution in [0.15, 0.2) is 36.4 Å². The van der Waals surface area contributed by atoms with Crippen LogP contribution in [0.4, 0.5) is 18.9 Å². The first kappa shape index (κ1) is 18.2. The van der Waals surface area contributed by atoms with Crippen molar-refractivity contribution >= 4 is 5.69 Å². The van der Waals surface area contributed by atoms with Gasteiger partial charge in [-0.05, 0) is 49.1 Å². The number of aromatic hydroxyl groups is 1. The quantitative estimate of drug-likeness (QED) is 0.595. The average Bonchev–Trinajstić information content (AvgIpc) is 3.37. The van der Waals surface area contributed by atoms with Crippen molar-refractivity contribution in [3.8, 4) is 17.2 Å². The van der Waals surface area contributed by atoms with Gasteiger partial charge in [-0.25, -0.2) is 5.84 Å². The fraction of sp³-hybridized carbons (Fsp3) is 0.333. The van der Waals surface area contributed by atoms with Gasteiger partial charge in [-0.2, -0.15) is 0 Å². The third kappa shape index (κ3) is 4.32. The largest absolute Gasteiger partial charge is 0.573 e. The number of phenols is 1. The lowest BCUT2D eigenvalue weighted by atomic mass is 10.1. The van der Waals surface area contributed by atoms with E-state index in [2.05, 4.69) is 4.74 Å². The molecular weight excluding hydrogens is 349 g/mol. The van der Waals surface area contributed by atoms with Crippen LogP contribution >= 0.6 is 0 Å². The Labute approximate surface area is 148 Å². The minimum absolute atomic E-state index is 0.127. The summed E-state index contributed by atoms with van der Waals surface area (Å²) in [7, 11) is 1.52. The maximum Gasteiger partial charge on any atom is 0.573 e. The number of hydrogen-bond donors (Lipinski definition) is 2. The molecule has 5 nitrogen and oxygen atoms in total. The van der Waals surface area contributed by atoms with E-state index in [1.165, 1.54) is 30.3 Å². The molecule has 26 heavy (non-hydrogen) atoms. The molecular formula is C18H19F3N2O3. The Hall–Kier alpha value is -2.61. The second kappa shape index (κ2) is 6.95. The third-order valence-electron chi connectivity index (χ3n) is 4.10. The first-order valence-electron chi connectivity index (χ1n) is 8.06. The second-order valence-electron chi connectivity index (χ2n) is 6.20.